The van der Waals surface area contributed by atoms with Crippen LogP contribution in [0, 0.1) is 13.8 Å². The van der Waals surface area contributed by atoms with Gasteiger partial charge in [-0.15, -0.1) is 5.10 Å². The van der Waals surface area contributed by atoms with E-state index in [1.807, 2.05) is 31.2 Å². The normalized spacial score (nSPS) is 16.6. The highest BCUT2D eigenvalue weighted by Crippen LogP contribution is 2.34. The molecule has 9 nitrogen and oxygen atoms in total. The maximum atomic E-state index is 13.5. The Balaban J connectivity index is 1.44. The van der Waals surface area contributed by atoms with E-state index in [1.54, 1.807) is 4.68 Å². The average Bonchev–Trinajstić information content (AvgIpc) is 3.50. The minimum Gasteiger partial charge on any atom is -0.454 e. The molecule has 4 aromatic rings. The summed E-state index contributed by atoms with van der Waals surface area (Å²) in [6.45, 7) is 6.59. The van der Waals surface area contributed by atoms with Crippen LogP contribution in [0.4, 0.5) is 0 Å². The molecule has 0 unspecified atom stereocenters. The zero-order valence-electron chi connectivity index (χ0n) is 20.0. The molecule has 0 radical (unpaired) electrons. The van der Waals surface area contributed by atoms with Crippen LogP contribution in [0.5, 0.6) is 11.5 Å². The van der Waals surface area contributed by atoms with Gasteiger partial charge in [-0.1, -0.05) is 24.1 Å². The summed E-state index contributed by atoms with van der Waals surface area (Å²) >= 11 is 0. The first-order valence-electron chi connectivity index (χ1n) is 12.1. The molecule has 6 rings (SSSR count). The number of pyridine rings is 1. The minimum absolute atomic E-state index is 0.0994. The summed E-state index contributed by atoms with van der Waals surface area (Å²) in [5.74, 6) is 2.13. The predicted octanol–water partition coefficient (Wildman–Crippen LogP) is 3.48. The largest absolute Gasteiger partial charge is 0.454 e. The van der Waals surface area contributed by atoms with Gasteiger partial charge in [0.1, 0.15) is 6.04 Å². The van der Waals surface area contributed by atoms with Gasteiger partial charge in [0.2, 0.25) is 6.79 Å². The molecule has 2 aromatic carbocycles. The highest BCUT2D eigenvalue weighted by molar-refractivity contribution is 5.83. The highest BCUT2D eigenvalue weighted by atomic mass is 16.7. The second kappa shape index (κ2) is 8.81. The van der Waals surface area contributed by atoms with Gasteiger partial charge in [-0.25, -0.2) is 4.68 Å². The number of hydrogen-bond acceptors (Lipinski definition) is 7. The zero-order chi connectivity index (χ0) is 23.9. The van der Waals surface area contributed by atoms with Gasteiger partial charge in [-0.2, -0.15) is 0 Å². The zero-order valence-corrected chi connectivity index (χ0v) is 20.0. The molecule has 1 N–H and O–H groups in total. The number of tetrazole rings is 1. The number of aromatic amines is 1. The third kappa shape index (κ3) is 4.05. The van der Waals surface area contributed by atoms with E-state index in [2.05, 4.69) is 44.5 Å². The summed E-state index contributed by atoms with van der Waals surface area (Å²) in [5.41, 5.74) is 4.67. The Bertz CT molecular complexity index is 1450. The molecule has 0 bridgehead atoms. The second-order valence-corrected chi connectivity index (χ2v) is 9.48. The van der Waals surface area contributed by atoms with Gasteiger partial charge in [-0.05, 0) is 91.0 Å². The fraction of sp³-hybridized carbons (Fsp3) is 0.385. The number of piperidine rings is 1. The van der Waals surface area contributed by atoms with Gasteiger partial charge in [-0.3, -0.25) is 9.69 Å². The molecule has 35 heavy (non-hydrogen) atoms. The Kier molecular flexibility index (Phi) is 5.49. The number of fused-ring (bicyclic) bond motifs is 2. The molecule has 4 heterocycles. The Labute approximate surface area is 202 Å². The Morgan fingerprint density at radius 2 is 1.86 bits per heavy atom. The Hall–Kier alpha value is -3.72. The smallest absolute Gasteiger partial charge is 0.253 e. The van der Waals surface area contributed by atoms with Crippen molar-refractivity contribution >= 4 is 10.9 Å². The average molecular weight is 473 g/mol. The SMILES string of the molecule is Cc1cc(C)c2[nH]c(=O)c([C@@H](c3nnnn3Cc3ccc4c(c3)OCO4)N3CCCCC3)cc2c1. The van der Waals surface area contributed by atoms with E-state index in [9.17, 15) is 4.79 Å². The highest BCUT2D eigenvalue weighted by Gasteiger charge is 2.31. The van der Waals surface area contributed by atoms with E-state index >= 15 is 0 Å². The number of ether oxygens (including phenoxy) is 2. The fourth-order valence-electron chi connectivity index (χ4n) is 5.31. The summed E-state index contributed by atoms with van der Waals surface area (Å²) < 4.78 is 12.8. The molecule has 0 aliphatic carbocycles. The van der Waals surface area contributed by atoms with Crippen molar-refractivity contribution in [2.75, 3.05) is 19.9 Å². The lowest BCUT2D eigenvalue weighted by atomic mass is 9.99. The van der Waals surface area contributed by atoms with Crippen molar-refractivity contribution < 1.29 is 9.47 Å². The van der Waals surface area contributed by atoms with E-state index in [0.717, 1.165) is 65.0 Å². The summed E-state index contributed by atoms with van der Waals surface area (Å²) in [5, 5.41) is 13.8. The van der Waals surface area contributed by atoms with Crippen molar-refractivity contribution in [2.45, 2.75) is 45.7 Å². The van der Waals surface area contributed by atoms with Gasteiger partial charge in [0, 0.05) is 5.56 Å². The van der Waals surface area contributed by atoms with Crippen LogP contribution in [-0.2, 0) is 6.54 Å². The summed E-state index contributed by atoms with van der Waals surface area (Å²) in [6, 6.07) is 11.7. The number of rotatable bonds is 5. The predicted molar refractivity (Wildman–Crippen MR) is 131 cm³/mol. The molecule has 0 saturated carbocycles. The van der Waals surface area contributed by atoms with Gasteiger partial charge in [0.15, 0.2) is 17.3 Å². The Morgan fingerprint density at radius 1 is 1.03 bits per heavy atom. The van der Waals surface area contributed by atoms with Crippen LogP contribution in [0.25, 0.3) is 10.9 Å². The van der Waals surface area contributed by atoms with E-state index in [-0.39, 0.29) is 18.4 Å². The van der Waals surface area contributed by atoms with E-state index in [4.69, 9.17) is 9.47 Å². The van der Waals surface area contributed by atoms with Crippen LogP contribution >= 0.6 is 0 Å². The fourth-order valence-corrected chi connectivity index (χ4v) is 5.31. The molecule has 9 heteroatoms. The van der Waals surface area contributed by atoms with Crippen LogP contribution in [-0.4, -0.2) is 50.0 Å². The van der Waals surface area contributed by atoms with Crippen molar-refractivity contribution in [1.82, 2.24) is 30.1 Å². The lowest BCUT2D eigenvalue weighted by Crippen LogP contribution is -2.38. The maximum Gasteiger partial charge on any atom is 0.253 e. The number of benzene rings is 2. The molecule has 2 aliphatic heterocycles. The lowest BCUT2D eigenvalue weighted by molar-refractivity contribution is 0.174. The number of aryl methyl sites for hydroxylation is 2. The number of likely N-dealkylation sites (tertiary alicyclic amines) is 1. The van der Waals surface area contributed by atoms with Gasteiger partial charge in [0.05, 0.1) is 12.1 Å². The monoisotopic (exact) mass is 472 g/mol. The molecule has 180 valence electrons. The molecule has 2 aliphatic rings. The minimum atomic E-state index is -0.340. The van der Waals surface area contributed by atoms with Crippen molar-refractivity contribution in [3.63, 3.8) is 0 Å². The third-order valence-electron chi connectivity index (χ3n) is 6.95. The van der Waals surface area contributed by atoms with Crippen LogP contribution in [0.3, 0.4) is 0 Å². The summed E-state index contributed by atoms with van der Waals surface area (Å²) in [6.07, 6.45) is 3.37. The van der Waals surface area contributed by atoms with E-state index < -0.39 is 0 Å². The molecule has 1 atom stereocenters. The molecule has 2 aromatic heterocycles. The van der Waals surface area contributed by atoms with Crippen LogP contribution in [0.2, 0.25) is 0 Å². The van der Waals surface area contributed by atoms with Crippen molar-refractivity contribution in [2.24, 2.45) is 0 Å². The number of hydrogen-bond donors (Lipinski definition) is 1. The van der Waals surface area contributed by atoms with E-state index in [1.165, 1.54) is 6.42 Å². The van der Waals surface area contributed by atoms with Gasteiger partial charge >= 0.3 is 0 Å². The first-order chi connectivity index (χ1) is 17.1. The summed E-state index contributed by atoms with van der Waals surface area (Å²) in [4.78, 5) is 18.9. The number of nitrogens with one attached hydrogen (secondary N) is 1. The van der Waals surface area contributed by atoms with Crippen molar-refractivity contribution in [1.29, 1.82) is 0 Å². The molecule has 0 spiro atoms. The van der Waals surface area contributed by atoms with E-state index in [0.29, 0.717) is 17.9 Å². The molecular weight excluding hydrogens is 444 g/mol. The molecular formula is C26H28N6O3. The molecule has 0 amide bonds. The first kappa shape index (κ1) is 21.8. The quantitative estimate of drug-likeness (QED) is 0.475. The maximum absolute atomic E-state index is 13.5. The van der Waals surface area contributed by atoms with Gasteiger partial charge < -0.3 is 14.5 Å². The molecule has 1 saturated heterocycles. The Morgan fingerprint density at radius 3 is 2.71 bits per heavy atom. The molecule has 1 fully saturated rings. The standard InChI is InChI=1S/C26H28N6O3/c1-16-10-17(2)23-19(11-16)13-20(26(33)27-23)24(31-8-4-3-5-9-31)25-28-29-30-32(25)14-18-6-7-21-22(12-18)35-15-34-21/h6-7,10-13,24H,3-5,8-9,14-15H2,1-2H3,(H,27,33)/t24-/m0/s1. The van der Waals surface area contributed by atoms with Crippen LogP contribution in [0.15, 0.2) is 41.2 Å². The topological polar surface area (TPSA) is 98.2 Å². The second-order valence-electron chi connectivity index (χ2n) is 9.48. The van der Waals surface area contributed by atoms with Crippen molar-refractivity contribution in [3.05, 3.63) is 74.8 Å². The van der Waals surface area contributed by atoms with Gasteiger partial charge in [0.25, 0.3) is 5.56 Å². The van der Waals surface area contributed by atoms with Crippen molar-refractivity contribution in [3.8, 4) is 11.5 Å². The summed E-state index contributed by atoms with van der Waals surface area (Å²) in [7, 11) is 0. The number of aromatic nitrogens is 5. The first-order valence-corrected chi connectivity index (χ1v) is 12.1. The number of H-pyrrole nitrogens is 1. The van der Waals surface area contributed by atoms with Crippen LogP contribution < -0.4 is 15.0 Å². The lowest BCUT2D eigenvalue weighted by Gasteiger charge is -2.33. The third-order valence-corrected chi connectivity index (χ3v) is 6.95. The van der Waals surface area contributed by atoms with Crippen LogP contribution in [0.1, 0.15) is 53.4 Å². The number of nitrogens with zero attached hydrogens (tertiary/aromatic N) is 5.